The summed E-state index contributed by atoms with van der Waals surface area (Å²) in [7, 11) is 0. The van der Waals surface area contributed by atoms with Crippen LogP contribution in [0.15, 0.2) is 18.2 Å². The molecule has 0 aliphatic carbocycles. The van der Waals surface area contributed by atoms with Crippen molar-refractivity contribution in [2.24, 2.45) is 11.7 Å². The summed E-state index contributed by atoms with van der Waals surface area (Å²) >= 11 is 0. The fraction of sp³-hybridized carbons (Fsp3) is 0.600. The van der Waals surface area contributed by atoms with Crippen molar-refractivity contribution in [3.8, 4) is 11.5 Å². The van der Waals surface area contributed by atoms with Gasteiger partial charge in [-0.1, -0.05) is 6.07 Å². The molecule has 2 heterocycles. The molecule has 3 unspecified atom stereocenters. The van der Waals surface area contributed by atoms with E-state index in [4.69, 9.17) is 15.2 Å². The first kappa shape index (κ1) is 12.8. The predicted octanol–water partition coefficient (Wildman–Crippen LogP) is 1.50. The van der Waals surface area contributed by atoms with Crippen molar-refractivity contribution in [1.29, 1.82) is 0 Å². The molecule has 3 rings (SSSR count). The van der Waals surface area contributed by atoms with E-state index in [1.807, 2.05) is 6.07 Å². The van der Waals surface area contributed by atoms with Gasteiger partial charge in [-0.2, -0.15) is 0 Å². The molecule has 0 spiro atoms. The Balaban J connectivity index is 1.87. The topological polar surface area (TPSA) is 56.5 Å². The Morgan fingerprint density at radius 1 is 1.26 bits per heavy atom. The quantitative estimate of drug-likeness (QED) is 0.848. The normalized spacial score (nSPS) is 30.1. The van der Waals surface area contributed by atoms with Gasteiger partial charge in [0.05, 0.1) is 0 Å². The summed E-state index contributed by atoms with van der Waals surface area (Å²) in [5, 5.41) is 3.51. The van der Waals surface area contributed by atoms with Crippen molar-refractivity contribution in [1.82, 2.24) is 5.32 Å². The van der Waals surface area contributed by atoms with Crippen molar-refractivity contribution in [3.05, 3.63) is 23.8 Å². The number of fused-ring (bicyclic) bond motifs is 1. The van der Waals surface area contributed by atoms with E-state index < -0.39 is 0 Å². The van der Waals surface area contributed by atoms with E-state index in [0.717, 1.165) is 31.0 Å². The standard InChI is InChI=1S/C15H22N2O2/c1-10-6-13(12(8-16)9-17-10)11-2-3-14-15(7-11)19-5-4-18-14/h2-3,7,10,12-13,17H,4-6,8-9,16H2,1H3. The van der Waals surface area contributed by atoms with Crippen molar-refractivity contribution >= 4 is 0 Å². The van der Waals surface area contributed by atoms with E-state index in [1.54, 1.807) is 0 Å². The maximum atomic E-state index is 5.92. The highest BCUT2D eigenvalue weighted by Gasteiger charge is 2.29. The van der Waals surface area contributed by atoms with E-state index in [0.29, 0.717) is 31.1 Å². The average molecular weight is 262 g/mol. The SMILES string of the molecule is CC1CC(c2ccc3c(c2)OCCO3)C(CN)CN1. The molecule has 2 aliphatic rings. The van der Waals surface area contributed by atoms with Gasteiger partial charge in [-0.25, -0.2) is 0 Å². The van der Waals surface area contributed by atoms with E-state index in [2.05, 4.69) is 24.4 Å². The number of nitrogens with one attached hydrogen (secondary N) is 1. The molecule has 3 N–H and O–H groups in total. The third-order valence-electron chi connectivity index (χ3n) is 4.20. The molecule has 19 heavy (non-hydrogen) atoms. The van der Waals surface area contributed by atoms with E-state index >= 15 is 0 Å². The van der Waals surface area contributed by atoms with Gasteiger partial charge >= 0.3 is 0 Å². The summed E-state index contributed by atoms with van der Waals surface area (Å²) in [6.07, 6.45) is 1.13. The molecular weight excluding hydrogens is 240 g/mol. The minimum Gasteiger partial charge on any atom is -0.486 e. The van der Waals surface area contributed by atoms with Crippen molar-refractivity contribution < 1.29 is 9.47 Å². The van der Waals surface area contributed by atoms with Crippen LogP contribution in [0.5, 0.6) is 11.5 Å². The lowest BCUT2D eigenvalue weighted by Gasteiger charge is -2.36. The van der Waals surface area contributed by atoms with Gasteiger partial charge in [0.2, 0.25) is 0 Å². The smallest absolute Gasteiger partial charge is 0.161 e. The number of ether oxygens (including phenoxy) is 2. The van der Waals surface area contributed by atoms with Gasteiger partial charge in [0.15, 0.2) is 11.5 Å². The van der Waals surface area contributed by atoms with Crippen LogP contribution in [0, 0.1) is 5.92 Å². The zero-order chi connectivity index (χ0) is 13.2. The second-order valence-corrected chi connectivity index (χ2v) is 5.55. The minimum atomic E-state index is 0.499. The van der Waals surface area contributed by atoms with Crippen LogP contribution < -0.4 is 20.5 Å². The Hall–Kier alpha value is -1.26. The van der Waals surface area contributed by atoms with Crippen LogP contribution in [-0.4, -0.2) is 32.3 Å². The largest absolute Gasteiger partial charge is 0.486 e. The number of hydrogen-bond donors (Lipinski definition) is 2. The number of nitrogens with two attached hydrogens (primary N) is 1. The molecule has 4 heteroatoms. The van der Waals surface area contributed by atoms with Crippen LogP contribution in [0.4, 0.5) is 0 Å². The highest BCUT2D eigenvalue weighted by atomic mass is 16.6. The molecule has 0 aromatic heterocycles. The molecule has 3 atom stereocenters. The first-order chi connectivity index (χ1) is 9.28. The van der Waals surface area contributed by atoms with Gasteiger partial charge in [-0.15, -0.1) is 0 Å². The molecular formula is C15H22N2O2. The number of rotatable bonds is 2. The summed E-state index contributed by atoms with van der Waals surface area (Å²) in [5.74, 6) is 2.75. The zero-order valence-electron chi connectivity index (χ0n) is 11.4. The molecule has 0 radical (unpaired) electrons. The maximum absolute atomic E-state index is 5.92. The Morgan fingerprint density at radius 3 is 2.84 bits per heavy atom. The molecule has 1 saturated heterocycles. The summed E-state index contributed by atoms with van der Waals surface area (Å²) in [5.41, 5.74) is 7.25. The Kier molecular flexibility index (Phi) is 3.62. The summed E-state index contributed by atoms with van der Waals surface area (Å²) in [6.45, 7) is 5.23. The number of benzene rings is 1. The second kappa shape index (κ2) is 5.39. The first-order valence-electron chi connectivity index (χ1n) is 7.11. The molecule has 2 aliphatic heterocycles. The predicted molar refractivity (Wildman–Crippen MR) is 74.8 cm³/mol. The van der Waals surface area contributed by atoms with Crippen LogP contribution in [0.1, 0.15) is 24.8 Å². The number of piperidine rings is 1. The number of hydrogen-bond acceptors (Lipinski definition) is 4. The fourth-order valence-electron chi connectivity index (χ4n) is 3.10. The maximum Gasteiger partial charge on any atom is 0.161 e. The molecule has 1 aromatic rings. The highest BCUT2D eigenvalue weighted by Crippen LogP contribution is 2.38. The van der Waals surface area contributed by atoms with Crippen LogP contribution in [0.2, 0.25) is 0 Å². The molecule has 0 bridgehead atoms. The summed E-state index contributed by atoms with van der Waals surface area (Å²) in [4.78, 5) is 0. The van der Waals surface area contributed by atoms with Gasteiger partial charge in [-0.05, 0) is 56.0 Å². The lowest BCUT2D eigenvalue weighted by atomic mass is 9.78. The van der Waals surface area contributed by atoms with Gasteiger partial charge < -0.3 is 20.5 Å². The highest BCUT2D eigenvalue weighted by molar-refractivity contribution is 5.45. The van der Waals surface area contributed by atoms with E-state index in [1.165, 1.54) is 5.56 Å². The molecule has 0 amide bonds. The van der Waals surface area contributed by atoms with Crippen LogP contribution >= 0.6 is 0 Å². The Morgan fingerprint density at radius 2 is 2.05 bits per heavy atom. The van der Waals surface area contributed by atoms with E-state index in [-0.39, 0.29) is 0 Å². The van der Waals surface area contributed by atoms with Gasteiger partial charge in [0.25, 0.3) is 0 Å². The Bertz CT molecular complexity index is 450. The average Bonchev–Trinajstić information content (AvgIpc) is 2.46. The molecule has 104 valence electrons. The molecule has 1 aromatic carbocycles. The minimum absolute atomic E-state index is 0.499. The zero-order valence-corrected chi connectivity index (χ0v) is 11.4. The fourth-order valence-corrected chi connectivity index (χ4v) is 3.10. The first-order valence-corrected chi connectivity index (χ1v) is 7.11. The Labute approximate surface area is 114 Å². The van der Waals surface area contributed by atoms with Crippen molar-refractivity contribution in [2.75, 3.05) is 26.3 Å². The van der Waals surface area contributed by atoms with Gasteiger partial charge in [-0.3, -0.25) is 0 Å². The van der Waals surface area contributed by atoms with E-state index in [9.17, 15) is 0 Å². The summed E-state index contributed by atoms with van der Waals surface area (Å²) in [6, 6.07) is 6.88. The lowest BCUT2D eigenvalue weighted by Crippen LogP contribution is -2.44. The van der Waals surface area contributed by atoms with Crippen molar-refractivity contribution in [3.63, 3.8) is 0 Å². The lowest BCUT2D eigenvalue weighted by molar-refractivity contribution is 0.171. The third-order valence-corrected chi connectivity index (χ3v) is 4.20. The van der Waals surface area contributed by atoms with Crippen LogP contribution in [0.3, 0.4) is 0 Å². The van der Waals surface area contributed by atoms with Gasteiger partial charge in [0.1, 0.15) is 13.2 Å². The second-order valence-electron chi connectivity index (χ2n) is 5.55. The summed E-state index contributed by atoms with van der Waals surface area (Å²) < 4.78 is 11.3. The molecule has 4 nitrogen and oxygen atoms in total. The van der Waals surface area contributed by atoms with Crippen molar-refractivity contribution in [2.45, 2.75) is 25.3 Å². The van der Waals surface area contributed by atoms with Crippen LogP contribution in [0.25, 0.3) is 0 Å². The third kappa shape index (κ3) is 2.55. The molecule has 0 saturated carbocycles. The monoisotopic (exact) mass is 262 g/mol. The van der Waals surface area contributed by atoms with Gasteiger partial charge in [0, 0.05) is 6.04 Å². The van der Waals surface area contributed by atoms with Crippen LogP contribution in [-0.2, 0) is 0 Å². The molecule has 1 fully saturated rings.